The normalized spacial score (nSPS) is 24.5. The van der Waals surface area contributed by atoms with Crippen molar-refractivity contribution in [2.24, 2.45) is 5.92 Å². The third-order valence-corrected chi connectivity index (χ3v) is 4.12. The van der Waals surface area contributed by atoms with E-state index < -0.39 is 0 Å². The first kappa shape index (κ1) is 13.1. The third kappa shape index (κ3) is 3.56. The Morgan fingerprint density at radius 3 is 2.53 bits per heavy atom. The van der Waals surface area contributed by atoms with Crippen LogP contribution in [0.25, 0.3) is 0 Å². The number of halogens is 1. The molecule has 0 saturated carbocycles. The first-order valence-corrected chi connectivity index (χ1v) is 7.38. The summed E-state index contributed by atoms with van der Waals surface area (Å²) in [6.45, 7) is 5.83. The molecule has 0 bridgehead atoms. The van der Waals surface area contributed by atoms with Crippen LogP contribution in [0.15, 0.2) is 28.7 Å². The van der Waals surface area contributed by atoms with Crippen LogP contribution in [-0.2, 0) is 6.42 Å². The molecule has 1 nitrogen and oxygen atoms in total. The minimum atomic E-state index is 0.349. The molecule has 1 aliphatic heterocycles. The van der Waals surface area contributed by atoms with Gasteiger partial charge in [0.1, 0.15) is 0 Å². The topological polar surface area (TPSA) is 12.0 Å². The Morgan fingerprint density at radius 1 is 1.29 bits per heavy atom. The summed E-state index contributed by atoms with van der Waals surface area (Å²) in [4.78, 5) is 0. The molecule has 0 radical (unpaired) electrons. The first-order valence-electron chi connectivity index (χ1n) is 6.59. The molecule has 2 heteroatoms. The van der Waals surface area contributed by atoms with Gasteiger partial charge in [0.25, 0.3) is 0 Å². The van der Waals surface area contributed by atoms with Crippen molar-refractivity contribution in [3.63, 3.8) is 0 Å². The van der Waals surface area contributed by atoms with Crippen LogP contribution in [0.3, 0.4) is 0 Å². The van der Waals surface area contributed by atoms with E-state index in [1.165, 1.54) is 42.3 Å². The average molecular weight is 296 g/mol. The third-order valence-electron chi connectivity index (χ3n) is 3.59. The monoisotopic (exact) mass is 295 g/mol. The van der Waals surface area contributed by atoms with Gasteiger partial charge in [-0.05, 0) is 55.8 Å². The van der Waals surface area contributed by atoms with Gasteiger partial charge < -0.3 is 5.32 Å². The van der Waals surface area contributed by atoms with Crippen molar-refractivity contribution < 1.29 is 0 Å². The summed E-state index contributed by atoms with van der Waals surface area (Å²) in [7, 11) is 0. The van der Waals surface area contributed by atoms with Gasteiger partial charge in [0.15, 0.2) is 0 Å². The van der Waals surface area contributed by atoms with E-state index in [-0.39, 0.29) is 0 Å². The lowest BCUT2D eigenvalue weighted by Crippen LogP contribution is -2.43. The Hall–Kier alpha value is -0.340. The lowest BCUT2D eigenvalue weighted by molar-refractivity contribution is 0.301. The molecule has 1 aromatic rings. The quantitative estimate of drug-likeness (QED) is 0.879. The molecule has 1 aromatic carbocycles. The SMILES string of the molecule is CC(C)CC1(Cc2ccc(Br)cc2)CCCN1. The molecule has 94 valence electrons. The number of hydrogen-bond donors (Lipinski definition) is 1. The highest BCUT2D eigenvalue weighted by Crippen LogP contribution is 2.30. The van der Waals surface area contributed by atoms with Gasteiger partial charge in [-0.15, -0.1) is 0 Å². The van der Waals surface area contributed by atoms with Crippen LogP contribution in [0, 0.1) is 5.92 Å². The van der Waals surface area contributed by atoms with E-state index in [9.17, 15) is 0 Å². The Balaban J connectivity index is 2.09. The minimum Gasteiger partial charge on any atom is -0.311 e. The van der Waals surface area contributed by atoms with Crippen molar-refractivity contribution in [3.05, 3.63) is 34.3 Å². The van der Waals surface area contributed by atoms with E-state index in [4.69, 9.17) is 0 Å². The van der Waals surface area contributed by atoms with Gasteiger partial charge in [-0.1, -0.05) is 41.9 Å². The van der Waals surface area contributed by atoms with Crippen LogP contribution in [0.2, 0.25) is 0 Å². The van der Waals surface area contributed by atoms with Crippen molar-refractivity contribution in [3.8, 4) is 0 Å². The second-order valence-corrected chi connectivity index (χ2v) is 6.63. The second-order valence-electron chi connectivity index (χ2n) is 5.71. The van der Waals surface area contributed by atoms with Crippen LogP contribution < -0.4 is 5.32 Å². The average Bonchev–Trinajstić information content (AvgIpc) is 2.69. The van der Waals surface area contributed by atoms with E-state index >= 15 is 0 Å². The summed E-state index contributed by atoms with van der Waals surface area (Å²) >= 11 is 3.50. The summed E-state index contributed by atoms with van der Waals surface area (Å²) in [5.74, 6) is 0.760. The molecule has 1 saturated heterocycles. The molecule has 17 heavy (non-hydrogen) atoms. The number of nitrogens with one attached hydrogen (secondary N) is 1. The maximum absolute atomic E-state index is 3.75. The predicted molar refractivity (Wildman–Crippen MR) is 77.3 cm³/mol. The van der Waals surface area contributed by atoms with Gasteiger partial charge in [-0.25, -0.2) is 0 Å². The molecule has 1 aliphatic rings. The molecule has 0 aliphatic carbocycles. The standard InChI is InChI=1S/C15H22BrN/c1-12(2)10-15(8-3-9-17-15)11-13-4-6-14(16)7-5-13/h4-7,12,17H,3,8-11H2,1-2H3. The molecule has 1 heterocycles. The fourth-order valence-electron chi connectivity index (χ4n) is 3.04. The zero-order valence-corrected chi connectivity index (χ0v) is 12.4. The van der Waals surface area contributed by atoms with Gasteiger partial charge in [0.2, 0.25) is 0 Å². The largest absolute Gasteiger partial charge is 0.311 e. The van der Waals surface area contributed by atoms with Crippen molar-refractivity contribution in [2.45, 2.75) is 45.1 Å². The molecule has 0 spiro atoms. The van der Waals surface area contributed by atoms with Crippen LogP contribution in [-0.4, -0.2) is 12.1 Å². The Labute approximate surface area is 113 Å². The maximum Gasteiger partial charge on any atom is 0.0224 e. The Bertz CT molecular complexity index is 350. The predicted octanol–water partition coefficient (Wildman–Crippen LogP) is 4.16. The minimum absolute atomic E-state index is 0.349. The molecule has 2 rings (SSSR count). The van der Waals surface area contributed by atoms with Crippen molar-refractivity contribution in [2.75, 3.05) is 6.54 Å². The Kier molecular flexibility index (Phi) is 4.26. The zero-order chi connectivity index (χ0) is 12.3. The fourth-order valence-corrected chi connectivity index (χ4v) is 3.30. The van der Waals surface area contributed by atoms with E-state index in [0.717, 1.165) is 5.92 Å². The summed E-state index contributed by atoms with van der Waals surface area (Å²) in [5, 5.41) is 3.75. The molecular weight excluding hydrogens is 274 g/mol. The van der Waals surface area contributed by atoms with Crippen LogP contribution in [0.1, 0.15) is 38.7 Å². The molecule has 1 atom stereocenters. The zero-order valence-electron chi connectivity index (χ0n) is 10.8. The van der Waals surface area contributed by atoms with Gasteiger partial charge in [-0.2, -0.15) is 0 Å². The molecular formula is C15H22BrN. The molecule has 1 fully saturated rings. The summed E-state index contributed by atoms with van der Waals surface area (Å²) in [6.07, 6.45) is 5.09. The van der Waals surface area contributed by atoms with Crippen LogP contribution in [0.4, 0.5) is 0 Å². The van der Waals surface area contributed by atoms with Gasteiger partial charge in [-0.3, -0.25) is 0 Å². The summed E-state index contributed by atoms with van der Waals surface area (Å²) in [6, 6.07) is 8.78. The highest BCUT2D eigenvalue weighted by Gasteiger charge is 2.33. The van der Waals surface area contributed by atoms with Crippen LogP contribution >= 0.6 is 15.9 Å². The van der Waals surface area contributed by atoms with Crippen molar-refractivity contribution in [1.29, 1.82) is 0 Å². The number of rotatable bonds is 4. The van der Waals surface area contributed by atoms with E-state index in [1.807, 2.05) is 0 Å². The lowest BCUT2D eigenvalue weighted by Gasteiger charge is -2.31. The van der Waals surface area contributed by atoms with Crippen molar-refractivity contribution >= 4 is 15.9 Å². The van der Waals surface area contributed by atoms with Gasteiger partial charge in [0.05, 0.1) is 0 Å². The van der Waals surface area contributed by atoms with E-state index in [1.54, 1.807) is 0 Å². The highest BCUT2D eigenvalue weighted by molar-refractivity contribution is 9.10. The van der Waals surface area contributed by atoms with Gasteiger partial charge in [0, 0.05) is 10.0 Å². The number of benzene rings is 1. The number of hydrogen-bond acceptors (Lipinski definition) is 1. The molecule has 1 unspecified atom stereocenters. The molecule has 0 aromatic heterocycles. The first-order chi connectivity index (χ1) is 8.10. The van der Waals surface area contributed by atoms with Crippen LogP contribution in [0.5, 0.6) is 0 Å². The smallest absolute Gasteiger partial charge is 0.0224 e. The summed E-state index contributed by atoms with van der Waals surface area (Å²) < 4.78 is 1.17. The van der Waals surface area contributed by atoms with Crippen molar-refractivity contribution in [1.82, 2.24) is 5.32 Å². The van der Waals surface area contributed by atoms with Gasteiger partial charge >= 0.3 is 0 Å². The van der Waals surface area contributed by atoms with E-state index in [2.05, 4.69) is 59.4 Å². The second kappa shape index (κ2) is 5.53. The summed E-state index contributed by atoms with van der Waals surface area (Å²) in [5.41, 5.74) is 1.80. The van der Waals surface area contributed by atoms with E-state index in [0.29, 0.717) is 5.54 Å². The lowest BCUT2D eigenvalue weighted by atomic mass is 9.82. The molecule has 0 amide bonds. The molecule has 1 N–H and O–H groups in total. The fraction of sp³-hybridized carbons (Fsp3) is 0.600. The Morgan fingerprint density at radius 2 is 2.00 bits per heavy atom. The highest BCUT2D eigenvalue weighted by atomic mass is 79.9. The maximum atomic E-state index is 3.75.